The molecule has 8 nitrogen and oxygen atoms in total. The van der Waals surface area contributed by atoms with Gasteiger partial charge in [-0.2, -0.15) is 9.36 Å². The Bertz CT molecular complexity index is 847. The van der Waals surface area contributed by atoms with E-state index in [4.69, 9.17) is 4.74 Å². The molecule has 0 atom stereocenters. The number of nitrogens with zero attached hydrogens (tertiary/aromatic N) is 5. The smallest absolute Gasteiger partial charge is 0.410 e. The zero-order chi connectivity index (χ0) is 18.9. The Labute approximate surface area is 150 Å². The number of hydrogen-bond acceptors (Lipinski definition) is 5. The number of piperidine rings is 1. The number of tetrazole rings is 1. The molecule has 1 aliphatic heterocycles. The van der Waals surface area contributed by atoms with Gasteiger partial charge in [0.15, 0.2) is 0 Å². The van der Waals surface area contributed by atoms with E-state index in [1.807, 2.05) is 20.8 Å². The molecule has 0 unspecified atom stereocenters. The lowest BCUT2D eigenvalue weighted by molar-refractivity contribution is 0.0183. The van der Waals surface area contributed by atoms with Gasteiger partial charge in [-0.05, 0) is 62.2 Å². The monoisotopic (exact) mass is 363 g/mol. The molecule has 2 heterocycles. The predicted octanol–water partition coefficient (Wildman–Crippen LogP) is 2.14. The van der Waals surface area contributed by atoms with Gasteiger partial charge in [-0.25, -0.2) is 14.0 Å². The topological polar surface area (TPSA) is 82.2 Å². The van der Waals surface area contributed by atoms with Gasteiger partial charge in [0.2, 0.25) is 0 Å². The summed E-state index contributed by atoms with van der Waals surface area (Å²) in [5.74, 6) is -0.449. The molecule has 1 aromatic heterocycles. The van der Waals surface area contributed by atoms with E-state index >= 15 is 0 Å². The van der Waals surface area contributed by atoms with Gasteiger partial charge >= 0.3 is 11.8 Å². The molecule has 9 heteroatoms. The third-order valence-electron chi connectivity index (χ3n) is 4.12. The Morgan fingerprint density at radius 1 is 1.23 bits per heavy atom. The molecule has 1 saturated heterocycles. The highest BCUT2D eigenvalue weighted by atomic mass is 19.1. The van der Waals surface area contributed by atoms with Crippen molar-refractivity contribution >= 4 is 6.09 Å². The standard InChI is InChI=1S/C17H22FN5O3/c1-17(2,3)26-16(25)21-9-7-13(8-10-21)22-15(24)23(20-19-22)14-6-4-5-12(18)11-14/h4-6,11,13H,7-10H2,1-3H3. The first-order valence-electron chi connectivity index (χ1n) is 8.53. The van der Waals surface area contributed by atoms with Crippen molar-refractivity contribution in [3.63, 3.8) is 0 Å². The van der Waals surface area contributed by atoms with Crippen molar-refractivity contribution in [3.05, 3.63) is 40.6 Å². The molecule has 1 aliphatic rings. The first kappa shape index (κ1) is 18.1. The number of halogens is 1. The largest absolute Gasteiger partial charge is 0.444 e. The number of hydrogen-bond donors (Lipinski definition) is 0. The summed E-state index contributed by atoms with van der Waals surface area (Å²) in [6.07, 6.45) is 0.786. The normalized spacial score (nSPS) is 15.9. The number of aromatic nitrogens is 4. The minimum atomic E-state index is -0.543. The Hall–Kier alpha value is -2.71. The van der Waals surface area contributed by atoms with Gasteiger partial charge in [-0.15, -0.1) is 0 Å². The Balaban J connectivity index is 1.69. The van der Waals surface area contributed by atoms with Crippen LogP contribution >= 0.6 is 0 Å². The van der Waals surface area contributed by atoms with E-state index in [2.05, 4.69) is 10.4 Å². The van der Waals surface area contributed by atoms with Crippen LogP contribution in [0.4, 0.5) is 9.18 Å². The van der Waals surface area contributed by atoms with Gasteiger partial charge in [-0.3, -0.25) is 0 Å². The van der Waals surface area contributed by atoms with E-state index in [0.29, 0.717) is 31.6 Å². The highest BCUT2D eigenvalue weighted by Gasteiger charge is 2.29. The maximum absolute atomic E-state index is 13.4. The zero-order valence-corrected chi connectivity index (χ0v) is 15.1. The van der Waals surface area contributed by atoms with Crippen LogP contribution in [0.1, 0.15) is 39.7 Å². The van der Waals surface area contributed by atoms with E-state index in [-0.39, 0.29) is 12.1 Å². The molecule has 0 radical (unpaired) electrons. The lowest BCUT2D eigenvalue weighted by Crippen LogP contribution is -2.43. The minimum absolute atomic E-state index is 0.163. The number of likely N-dealkylation sites (tertiary alicyclic amines) is 1. The van der Waals surface area contributed by atoms with Crippen LogP contribution in [0.25, 0.3) is 5.69 Å². The number of carbonyl (C=O) groups excluding carboxylic acids is 1. The van der Waals surface area contributed by atoms with E-state index < -0.39 is 17.1 Å². The molecule has 2 aromatic rings. The van der Waals surface area contributed by atoms with E-state index in [0.717, 1.165) is 4.68 Å². The average Bonchev–Trinajstić information content (AvgIpc) is 2.95. The second-order valence-corrected chi connectivity index (χ2v) is 7.30. The van der Waals surface area contributed by atoms with Crippen LogP contribution in [0.5, 0.6) is 0 Å². The fourth-order valence-corrected chi connectivity index (χ4v) is 2.88. The SMILES string of the molecule is CC(C)(C)OC(=O)N1CCC(n2nnn(-c3cccc(F)c3)c2=O)CC1. The second-order valence-electron chi connectivity index (χ2n) is 7.30. The van der Waals surface area contributed by atoms with Gasteiger partial charge in [0, 0.05) is 13.1 Å². The van der Waals surface area contributed by atoms with Gasteiger partial charge in [0.05, 0.1) is 11.7 Å². The number of carbonyl (C=O) groups is 1. The predicted molar refractivity (Wildman–Crippen MR) is 91.7 cm³/mol. The third-order valence-corrected chi connectivity index (χ3v) is 4.12. The molecular formula is C17H22FN5O3. The quantitative estimate of drug-likeness (QED) is 0.816. The number of ether oxygens (including phenoxy) is 1. The average molecular weight is 363 g/mol. The van der Waals surface area contributed by atoms with Gasteiger partial charge in [0.1, 0.15) is 11.4 Å². The van der Waals surface area contributed by atoms with Crippen molar-refractivity contribution in [1.29, 1.82) is 0 Å². The lowest BCUT2D eigenvalue weighted by atomic mass is 10.1. The highest BCUT2D eigenvalue weighted by Crippen LogP contribution is 2.22. The second kappa shape index (κ2) is 6.89. The number of benzene rings is 1. The molecule has 3 rings (SSSR count). The van der Waals surface area contributed by atoms with Gasteiger partial charge in [0.25, 0.3) is 0 Å². The van der Waals surface area contributed by atoms with Crippen molar-refractivity contribution in [3.8, 4) is 5.69 Å². The Morgan fingerprint density at radius 3 is 2.54 bits per heavy atom. The Morgan fingerprint density at radius 2 is 1.92 bits per heavy atom. The fraction of sp³-hybridized carbons (Fsp3) is 0.529. The van der Waals surface area contributed by atoms with Crippen LogP contribution in [-0.4, -0.2) is 49.5 Å². The zero-order valence-electron chi connectivity index (χ0n) is 15.1. The van der Waals surface area contributed by atoms with Crippen LogP contribution in [0, 0.1) is 5.82 Å². The van der Waals surface area contributed by atoms with E-state index in [1.165, 1.54) is 22.9 Å². The van der Waals surface area contributed by atoms with Crippen molar-refractivity contribution in [2.45, 2.75) is 45.3 Å². The van der Waals surface area contributed by atoms with Crippen LogP contribution in [-0.2, 0) is 4.74 Å². The molecule has 1 fully saturated rings. The van der Waals surface area contributed by atoms with Crippen LogP contribution in [0.3, 0.4) is 0 Å². The minimum Gasteiger partial charge on any atom is -0.444 e. The molecule has 0 N–H and O–H groups in total. The molecule has 0 spiro atoms. The molecule has 0 saturated carbocycles. The fourth-order valence-electron chi connectivity index (χ4n) is 2.88. The van der Waals surface area contributed by atoms with Crippen LogP contribution in [0.15, 0.2) is 29.1 Å². The lowest BCUT2D eigenvalue weighted by Gasteiger charge is -2.32. The maximum atomic E-state index is 13.4. The van der Waals surface area contributed by atoms with Gasteiger partial charge < -0.3 is 9.64 Å². The van der Waals surface area contributed by atoms with Crippen molar-refractivity contribution in [1.82, 2.24) is 24.7 Å². The van der Waals surface area contributed by atoms with Crippen LogP contribution < -0.4 is 5.69 Å². The summed E-state index contributed by atoms with van der Waals surface area (Å²) in [5.41, 5.74) is -0.642. The Kier molecular flexibility index (Phi) is 4.80. The summed E-state index contributed by atoms with van der Waals surface area (Å²) in [6.45, 7) is 6.41. The van der Waals surface area contributed by atoms with E-state index in [1.54, 1.807) is 11.0 Å². The van der Waals surface area contributed by atoms with Crippen molar-refractivity contribution in [2.24, 2.45) is 0 Å². The maximum Gasteiger partial charge on any atom is 0.410 e. The molecule has 26 heavy (non-hydrogen) atoms. The summed E-state index contributed by atoms with van der Waals surface area (Å²) < 4.78 is 21.1. The van der Waals surface area contributed by atoms with Gasteiger partial charge in [-0.1, -0.05) is 6.07 Å². The van der Waals surface area contributed by atoms with Crippen molar-refractivity contribution < 1.29 is 13.9 Å². The molecule has 1 amide bonds. The van der Waals surface area contributed by atoms with E-state index in [9.17, 15) is 14.0 Å². The summed E-state index contributed by atoms with van der Waals surface area (Å²) in [4.78, 5) is 26.3. The third kappa shape index (κ3) is 3.92. The van der Waals surface area contributed by atoms with Crippen LogP contribution in [0.2, 0.25) is 0 Å². The molecule has 140 valence electrons. The molecule has 0 bridgehead atoms. The first-order valence-corrected chi connectivity index (χ1v) is 8.53. The molecular weight excluding hydrogens is 341 g/mol. The van der Waals surface area contributed by atoms with Crippen molar-refractivity contribution in [2.75, 3.05) is 13.1 Å². The number of amides is 1. The summed E-state index contributed by atoms with van der Waals surface area (Å²) in [7, 11) is 0. The summed E-state index contributed by atoms with van der Waals surface area (Å²) >= 11 is 0. The number of rotatable bonds is 2. The summed E-state index contributed by atoms with van der Waals surface area (Å²) in [6, 6.07) is 5.46. The summed E-state index contributed by atoms with van der Waals surface area (Å²) in [5, 5.41) is 7.78. The molecule has 0 aliphatic carbocycles. The molecule has 1 aromatic carbocycles. The first-order chi connectivity index (χ1) is 12.2. The highest BCUT2D eigenvalue weighted by molar-refractivity contribution is 5.68.